The lowest BCUT2D eigenvalue weighted by Gasteiger charge is -2.18. The topological polar surface area (TPSA) is 111 Å². The summed E-state index contributed by atoms with van der Waals surface area (Å²) in [6.07, 6.45) is 0. The number of carboxylic acid groups (broad SMARTS) is 1. The van der Waals surface area contributed by atoms with Crippen molar-refractivity contribution in [2.45, 2.75) is 17.1 Å². The van der Waals surface area contributed by atoms with Gasteiger partial charge in [0.15, 0.2) is 5.11 Å². The highest BCUT2D eigenvalue weighted by atomic mass is 32.2. The molecule has 4 aromatic rings. The Bertz CT molecular complexity index is 1460. The molecular formula is C29H25N3O4S2. The number of nitrogens with one attached hydrogen (secondary N) is 3. The highest BCUT2D eigenvalue weighted by Gasteiger charge is 2.23. The predicted octanol–water partition coefficient (Wildman–Crippen LogP) is 6.68. The first-order valence-electron chi connectivity index (χ1n) is 11.6. The number of thioether (sulfide) groups is 1. The quantitative estimate of drug-likeness (QED) is 0.0951. The Morgan fingerprint density at radius 3 is 2.16 bits per heavy atom. The molecule has 0 saturated heterocycles. The van der Waals surface area contributed by atoms with Crippen molar-refractivity contribution in [3.8, 4) is 5.75 Å². The molecule has 0 aliphatic carbocycles. The van der Waals surface area contributed by atoms with Gasteiger partial charge in [0.2, 0.25) is 5.91 Å². The molecule has 7 nitrogen and oxygen atoms in total. The van der Waals surface area contributed by atoms with Crippen molar-refractivity contribution in [1.82, 2.24) is 0 Å². The molecule has 192 valence electrons. The molecule has 38 heavy (non-hydrogen) atoms. The fourth-order valence-corrected chi connectivity index (χ4v) is 4.93. The second-order valence-corrected chi connectivity index (χ2v) is 9.99. The van der Waals surface area contributed by atoms with Gasteiger partial charge in [-0.3, -0.25) is 4.79 Å². The Labute approximate surface area is 229 Å². The van der Waals surface area contributed by atoms with E-state index in [-0.39, 0.29) is 22.9 Å². The number of anilines is 3. The first kappa shape index (κ1) is 26.7. The maximum atomic E-state index is 13.4. The minimum Gasteiger partial charge on any atom is -0.507 e. The van der Waals surface area contributed by atoms with Crippen LogP contribution < -0.4 is 16.0 Å². The van der Waals surface area contributed by atoms with E-state index >= 15 is 0 Å². The lowest BCUT2D eigenvalue weighted by Crippen LogP contribution is -2.20. The molecule has 0 aliphatic rings. The van der Waals surface area contributed by atoms with E-state index in [2.05, 4.69) is 16.0 Å². The van der Waals surface area contributed by atoms with E-state index < -0.39 is 11.2 Å². The molecule has 9 heteroatoms. The van der Waals surface area contributed by atoms with Crippen LogP contribution in [-0.4, -0.2) is 27.2 Å². The van der Waals surface area contributed by atoms with E-state index in [1.807, 2.05) is 85.8 Å². The van der Waals surface area contributed by atoms with Crippen LogP contribution in [0.2, 0.25) is 0 Å². The Balaban J connectivity index is 1.51. The van der Waals surface area contributed by atoms with Crippen molar-refractivity contribution in [3.05, 3.63) is 114 Å². The highest BCUT2D eigenvalue weighted by molar-refractivity contribution is 8.00. The van der Waals surface area contributed by atoms with Gasteiger partial charge in [-0.25, -0.2) is 4.79 Å². The largest absolute Gasteiger partial charge is 0.507 e. The van der Waals surface area contributed by atoms with Crippen molar-refractivity contribution in [1.29, 1.82) is 0 Å². The van der Waals surface area contributed by atoms with E-state index in [1.54, 1.807) is 0 Å². The van der Waals surface area contributed by atoms with E-state index in [4.69, 9.17) is 12.2 Å². The summed E-state index contributed by atoms with van der Waals surface area (Å²) in [5.41, 5.74) is 3.55. The number of hydrogen-bond donors (Lipinski definition) is 5. The van der Waals surface area contributed by atoms with E-state index in [9.17, 15) is 19.8 Å². The van der Waals surface area contributed by atoms with Crippen LogP contribution in [0.5, 0.6) is 5.75 Å². The zero-order valence-corrected chi connectivity index (χ0v) is 22.0. The molecule has 0 aromatic heterocycles. The minimum atomic E-state index is -1.29. The number of carbonyl (C=O) groups excluding carboxylic acids is 1. The van der Waals surface area contributed by atoms with Gasteiger partial charge in [-0.05, 0) is 73.2 Å². The summed E-state index contributed by atoms with van der Waals surface area (Å²) in [4.78, 5) is 25.6. The highest BCUT2D eigenvalue weighted by Crippen LogP contribution is 2.37. The number of amides is 1. The Morgan fingerprint density at radius 1 is 0.789 bits per heavy atom. The normalized spacial score (nSPS) is 11.3. The zero-order chi connectivity index (χ0) is 27.1. The van der Waals surface area contributed by atoms with Crippen LogP contribution in [0, 0.1) is 6.92 Å². The SMILES string of the molecule is Cc1ccc(NC(=S)Nc2cccc(SC(C(=O)Nc3ccc(O)c(C(=O)O)c3)c3ccccc3)c2)cc1. The third-order valence-electron chi connectivity index (χ3n) is 5.49. The molecule has 5 N–H and O–H groups in total. The minimum absolute atomic E-state index is 0.273. The second kappa shape index (κ2) is 12.3. The van der Waals surface area contributed by atoms with Crippen molar-refractivity contribution >= 4 is 58.0 Å². The lowest BCUT2D eigenvalue weighted by molar-refractivity contribution is -0.115. The first-order chi connectivity index (χ1) is 18.3. The van der Waals surface area contributed by atoms with Crippen molar-refractivity contribution in [3.63, 3.8) is 0 Å². The number of aromatic hydroxyl groups is 1. The van der Waals surface area contributed by atoms with Gasteiger partial charge in [-0.15, -0.1) is 11.8 Å². The number of carboxylic acids is 1. The van der Waals surface area contributed by atoms with E-state index in [1.165, 1.54) is 30.0 Å². The van der Waals surface area contributed by atoms with Crippen LogP contribution in [-0.2, 0) is 4.79 Å². The number of aromatic carboxylic acids is 1. The monoisotopic (exact) mass is 543 g/mol. The van der Waals surface area contributed by atoms with Gasteiger partial charge in [0.25, 0.3) is 0 Å². The number of hydrogen-bond acceptors (Lipinski definition) is 5. The molecule has 0 fully saturated rings. The van der Waals surface area contributed by atoms with Crippen LogP contribution in [0.15, 0.2) is 102 Å². The maximum Gasteiger partial charge on any atom is 0.339 e. The predicted molar refractivity (Wildman–Crippen MR) is 156 cm³/mol. The molecule has 1 amide bonds. The van der Waals surface area contributed by atoms with Gasteiger partial charge in [0.05, 0.1) is 0 Å². The molecule has 4 rings (SSSR count). The maximum absolute atomic E-state index is 13.4. The molecule has 4 aromatic carbocycles. The van der Waals surface area contributed by atoms with Gasteiger partial charge < -0.3 is 26.2 Å². The summed E-state index contributed by atoms with van der Waals surface area (Å²) < 4.78 is 0. The molecule has 0 bridgehead atoms. The number of carbonyl (C=O) groups is 2. The van der Waals surface area contributed by atoms with Crippen molar-refractivity contribution in [2.24, 2.45) is 0 Å². The van der Waals surface area contributed by atoms with Gasteiger partial charge in [-0.1, -0.05) is 54.1 Å². The summed E-state index contributed by atoms with van der Waals surface area (Å²) in [6, 6.07) is 28.7. The van der Waals surface area contributed by atoms with Crippen LogP contribution >= 0.6 is 24.0 Å². The molecule has 1 atom stereocenters. The lowest BCUT2D eigenvalue weighted by atomic mass is 10.1. The summed E-state index contributed by atoms with van der Waals surface area (Å²) in [7, 11) is 0. The van der Waals surface area contributed by atoms with Crippen LogP contribution in [0.1, 0.15) is 26.7 Å². The molecule has 0 aliphatic heterocycles. The fourth-order valence-electron chi connectivity index (χ4n) is 3.61. The van der Waals surface area contributed by atoms with Gasteiger partial charge in [0, 0.05) is 22.0 Å². The number of phenols is 1. The molecule has 0 heterocycles. The summed E-state index contributed by atoms with van der Waals surface area (Å²) in [6.45, 7) is 2.02. The van der Waals surface area contributed by atoms with Crippen molar-refractivity contribution < 1.29 is 19.8 Å². The number of aryl methyl sites for hydroxylation is 1. The number of benzene rings is 4. The van der Waals surface area contributed by atoms with Crippen LogP contribution in [0.4, 0.5) is 17.1 Å². The summed E-state index contributed by atoms with van der Waals surface area (Å²) >= 11 is 6.81. The number of thiocarbonyl (C=S) groups is 1. The third kappa shape index (κ3) is 7.12. The van der Waals surface area contributed by atoms with Gasteiger partial charge in [0.1, 0.15) is 16.6 Å². The standard InChI is InChI=1S/C29H25N3O4S2/c1-18-10-12-20(13-11-18)31-29(37)32-21-8-5-9-23(16-21)38-26(19-6-3-2-4-7-19)27(34)30-22-14-15-25(33)24(17-22)28(35)36/h2-17,26,33H,1H3,(H,30,34)(H,35,36)(H2,31,32,37). The summed E-state index contributed by atoms with van der Waals surface area (Å²) in [5, 5.41) is 28.0. The Kier molecular flexibility index (Phi) is 8.62. The molecule has 0 radical (unpaired) electrons. The first-order valence-corrected chi connectivity index (χ1v) is 12.9. The average Bonchev–Trinajstić information content (AvgIpc) is 2.90. The van der Waals surface area contributed by atoms with Gasteiger partial charge >= 0.3 is 5.97 Å². The summed E-state index contributed by atoms with van der Waals surface area (Å²) in [5.74, 6) is -1.99. The molecule has 0 spiro atoms. The van der Waals surface area contributed by atoms with Crippen LogP contribution in [0.25, 0.3) is 0 Å². The van der Waals surface area contributed by atoms with Crippen molar-refractivity contribution in [2.75, 3.05) is 16.0 Å². The zero-order valence-electron chi connectivity index (χ0n) is 20.3. The molecule has 0 saturated carbocycles. The Morgan fingerprint density at radius 2 is 1.45 bits per heavy atom. The van der Waals surface area contributed by atoms with Gasteiger partial charge in [-0.2, -0.15) is 0 Å². The molecular weight excluding hydrogens is 518 g/mol. The van der Waals surface area contributed by atoms with E-state index in [0.29, 0.717) is 5.11 Å². The molecule has 1 unspecified atom stereocenters. The average molecular weight is 544 g/mol. The number of rotatable bonds is 8. The smallest absolute Gasteiger partial charge is 0.339 e. The second-order valence-electron chi connectivity index (χ2n) is 8.41. The third-order valence-corrected chi connectivity index (χ3v) is 6.94. The van der Waals surface area contributed by atoms with Crippen LogP contribution in [0.3, 0.4) is 0 Å². The Hall–Kier alpha value is -4.34. The fraction of sp³-hybridized carbons (Fsp3) is 0.0690. The van der Waals surface area contributed by atoms with E-state index in [0.717, 1.165) is 27.4 Å².